The molecule has 0 atom stereocenters. The minimum Gasteiger partial charge on any atom is -0.494 e. The van der Waals surface area contributed by atoms with Gasteiger partial charge in [-0.2, -0.15) is 0 Å². The fourth-order valence-electron chi connectivity index (χ4n) is 2.56. The van der Waals surface area contributed by atoms with E-state index in [0.29, 0.717) is 10.4 Å². The second-order valence-corrected chi connectivity index (χ2v) is 7.03. The standard InChI is InChI=1S/C20H18FNO4S/c1-22(11-13-7-8-16(25-2)15(21)9-13)19(23)12-26-20(24)18-10-14-5-3-4-6-17(14)27-18/h3-10H,11-12H2,1-2H3. The highest BCUT2D eigenvalue weighted by atomic mass is 32.1. The number of rotatable bonds is 6. The van der Waals surface area contributed by atoms with Crippen LogP contribution in [0.3, 0.4) is 0 Å². The van der Waals surface area contributed by atoms with Gasteiger partial charge in [-0.1, -0.05) is 24.3 Å². The minimum atomic E-state index is -0.534. The van der Waals surface area contributed by atoms with Crippen LogP contribution >= 0.6 is 11.3 Å². The number of hydrogen-bond acceptors (Lipinski definition) is 5. The van der Waals surface area contributed by atoms with E-state index in [2.05, 4.69) is 0 Å². The van der Waals surface area contributed by atoms with Gasteiger partial charge in [0.2, 0.25) is 0 Å². The van der Waals surface area contributed by atoms with Crippen molar-refractivity contribution in [2.45, 2.75) is 6.54 Å². The Morgan fingerprint density at radius 2 is 1.93 bits per heavy atom. The Hall–Kier alpha value is -2.93. The lowest BCUT2D eigenvalue weighted by atomic mass is 10.2. The highest BCUT2D eigenvalue weighted by Gasteiger charge is 2.16. The Morgan fingerprint density at radius 1 is 1.15 bits per heavy atom. The average molecular weight is 387 g/mol. The number of benzene rings is 2. The smallest absolute Gasteiger partial charge is 0.348 e. The van der Waals surface area contributed by atoms with E-state index in [1.165, 1.54) is 35.5 Å². The van der Waals surface area contributed by atoms with E-state index in [0.717, 1.165) is 10.1 Å². The van der Waals surface area contributed by atoms with Gasteiger partial charge in [0.1, 0.15) is 4.88 Å². The summed E-state index contributed by atoms with van der Waals surface area (Å²) in [6.07, 6.45) is 0. The minimum absolute atomic E-state index is 0.144. The molecule has 140 valence electrons. The van der Waals surface area contributed by atoms with Crippen molar-refractivity contribution in [3.63, 3.8) is 0 Å². The Kier molecular flexibility index (Phi) is 5.71. The van der Waals surface area contributed by atoms with E-state index < -0.39 is 11.8 Å². The molecule has 0 radical (unpaired) electrons. The van der Waals surface area contributed by atoms with Crippen molar-refractivity contribution >= 4 is 33.3 Å². The molecule has 3 aromatic rings. The zero-order chi connectivity index (χ0) is 19.4. The molecule has 2 aromatic carbocycles. The molecule has 1 heterocycles. The zero-order valence-corrected chi connectivity index (χ0v) is 15.7. The van der Waals surface area contributed by atoms with E-state index in [4.69, 9.17) is 9.47 Å². The largest absolute Gasteiger partial charge is 0.494 e. The van der Waals surface area contributed by atoms with E-state index in [1.54, 1.807) is 19.2 Å². The zero-order valence-electron chi connectivity index (χ0n) is 14.9. The number of thiophene rings is 1. The van der Waals surface area contributed by atoms with E-state index in [9.17, 15) is 14.0 Å². The summed E-state index contributed by atoms with van der Waals surface area (Å²) >= 11 is 1.32. The normalized spacial score (nSPS) is 10.6. The van der Waals surface area contributed by atoms with Gasteiger partial charge in [-0.05, 0) is 35.2 Å². The SMILES string of the molecule is COc1ccc(CN(C)C(=O)COC(=O)c2cc3ccccc3s2)cc1F. The third kappa shape index (κ3) is 4.43. The molecular formula is C20H18FNO4S. The Balaban J connectivity index is 1.56. The van der Waals surface area contributed by atoms with Crippen LogP contribution in [0.25, 0.3) is 10.1 Å². The molecule has 0 aliphatic carbocycles. The van der Waals surface area contributed by atoms with Crippen LogP contribution in [-0.4, -0.2) is 37.5 Å². The van der Waals surface area contributed by atoms with Gasteiger partial charge < -0.3 is 14.4 Å². The summed E-state index contributed by atoms with van der Waals surface area (Å²) in [7, 11) is 2.95. The number of carbonyl (C=O) groups is 2. The number of halogens is 1. The number of ether oxygens (including phenoxy) is 2. The van der Waals surface area contributed by atoms with Crippen LogP contribution in [0.5, 0.6) is 5.75 Å². The summed E-state index contributed by atoms with van der Waals surface area (Å²) in [6.45, 7) is -0.178. The highest BCUT2D eigenvalue weighted by Crippen LogP contribution is 2.25. The van der Waals surface area contributed by atoms with Gasteiger partial charge in [0, 0.05) is 18.3 Å². The molecule has 0 fully saturated rings. The lowest BCUT2D eigenvalue weighted by molar-refractivity contribution is -0.133. The Labute approximate surface area is 159 Å². The van der Waals surface area contributed by atoms with E-state index >= 15 is 0 Å². The van der Waals surface area contributed by atoms with Gasteiger partial charge in [-0.15, -0.1) is 11.3 Å². The molecule has 0 unspecified atom stereocenters. The predicted octanol–water partition coefficient (Wildman–Crippen LogP) is 3.86. The first-order chi connectivity index (χ1) is 13.0. The topological polar surface area (TPSA) is 55.8 Å². The van der Waals surface area contributed by atoms with Crippen LogP contribution in [0, 0.1) is 5.82 Å². The lowest BCUT2D eigenvalue weighted by Crippen LogP contribution is -2.30. The van der Waals surface area contributed by atoms with Crippen LogP contribution in [0.1, 0.15) is 15.2 Å². The number of hydrogen-bond donors (Lipinski definition) is 0. The first kappa shape index (κ1) is 18.8. The molecule has 7 heteroatoms. The molecule has 1 amide bonds. The third-order valence-corrected chi connectivity index (χ3v) is 5.11. The molecule has 3 rings (SSSR count). The van der Waals surface area contributed by atoms with Crippen molar-refractivity contribution in [3.05, 3.63) is 64.8 Å². The number of carbonyl (C=O) groups excluding carboxylic acids is 2. The second-order valence-electron chi connectivity index (χ2n) is 5.94. The fourth-order valence-corrected chi connectivity index (χ4v) is 3.52. The molecule has 0 saturated carbocycles. The van der Waals surface area contributed by atoms with Gasteiger partial charge in [0.25, 0.3) is 5.91 Å². The number of nitrogens with zero attached hydrogens (tertiary/aromatic N) is 1. The van der Waals surface area contributed by atoms with Crippen molar-refractivity contribution < 1.29 is 23.5 Å². The summed E-state index contributed by atoms with van der Waals surface area (Å²) in [5, 5.41) is 0.958. The van der Waals surface area contributed by atoms with Crippen molar-refractivity contribution in [2.75, 3.05) is 20.8 Å². The first-order valence-corrected chi connectivity index (χ1v) is 9.01. The Morgan fingerprint density at radius 3 is 2.63 bits per heavy atom. The molecule has 0 N–H and O–H groups in total. The maximum atomic E-state index is 13.7. The quantitative estimate of drug-likeness (QED) is 0.603. The van der Waals surface area contributed by atoms with Crippen LogP contribution in [0.15, 0.2) is 48.5 Å². The molecule has 0 aliphatic rings. The second kappa shape index (κ2) is 8.18. The molecule has 27 heavy (non-hydrogen) atoms. The molecule has 0 bridgehead atoms. The van der Waals surface area contributed by atoms with Crippen LogP contribution in [0.2, 0.25) is 0 Å². The molecule has 1 aromatic heterocycles. The van der Waals surface area contributed by atoms with E-state index in [-0.39, 0.29) is 24.8 Å². The first-order valence-electron chi connectivity index (χ1n) is 8.20. The van der Waals surface area contributed by atoms with Crippen LogP contribution < -0.4 is 4.74 Å². The maximum absolute atomic E-state index is 13.7. The fraction of sp³-hybridized carbons (Fsp3) is 0.200. The van der Waals surface area contributed by atoms with Crippen molar-refractivity contribution in [3.8, 4) is 5.75 Å². The van der Waals surface area contributed by atoms with Crippen LogP contribution in [0.4, 0.5) is 4.39 Å². The third-order valence-electron chi connectivity index (χ3n) is 4.02. The molecule has 0 saturated heterocycles. The predicted molar refractivity (Wildman–Crippen MR) is 102 cm³/mol. The molecule has 5 nitrogen and oxygen atoms in total. The summed E-state index contributed by atoms with van der Waals surface area (Å²) in [6, 6.07) is 13.9. The maximum Gasteiger partial charge on any atom is 0.348 e. The van der Waals surface area contributed by atoms with Crippen molar-refractivity contribution in [2.24, 2.45) is 0 Å². The highest BCUT2D eigenvalue weighted by molar-refractivity contribution is 7.20. The molecule has 0 aliphatic heterocycles. The number of likely N-dealkylation sites (N-methyl/N-ethyl adjacent to an activating group) is 1. The van der Waals surface area contributed by atoms with E-state index in [1.807, 2.05) is 24.3 Å². The summed E-state index contributed by atoms with van der Waals surface area (Å²) < 4.78 is 24.7. The van der Waals surface area contributed by atoms with Crippen molar-refractivity contribution in [1.29, 1.82) is 0 Å². The van der Waals surface area contributed by atoms with Crippen LogP contribution in [-0.2, 0) is 16.1 Å². The lowest BCUT2D eigenvalue weighted by Gasteiger charge is -2.17. The number of methoxy groups -OCH3 is 1. The molecule has 0 spiro atoms. The van der Waals surface area contributed by atoms with Gasteiger partial charge in [-0.3, -0.25) is 4.79 Å². The average Bonchev–Trinajstić information content (AvgIpc) is 3.10. The number of fused-ring (bicyclic) bond motifs is 1. The van der Waals surface area contributed by atoms with Gasteiger partial charge >= 0.3 is 5.97 Å². The molecular weight excluding hydrogens is 369 g/mol. The van der Waals surface area contributed by atoms with Crippen molar-refractivity contribution in [1.82, 2.24) is 4.90 Å². The summed E-state index contributed by atoms with van der Waals surface area (Å²) in [4.78, 5) is 26.2. The van der Waals surface area contributed by atoms with Gasteiger partial charge in [-0.25, -0.2) is 9.18 Å². The number of amides is 1. The van der Waals surface area contributed by atoms with Gasteiger partial charge in [0.15, 0.2) is 18.2 Å². The van der Waals surface area contributed by atoms with Gasteiger partial charge in [0.05, 0.1) is 7.11 Å². The summed E-state index contributed by atoms with van der Waals surface area (Å²) in [5.41, 5.74) is 0.611. The number of esters is 1. The Bertz CT molecular complexity index is 952. The monoisotopic (exact) mass is 387 g/mol. The summed E-state index contributed by atoms with van der Waals surface area (Å²) in [5.74, 6) is -1.26.